The molecule has 2 aliphatic carbocycles. The maximum absolute atomic E-state index is 3.98. The Morgan fingerprint density at radius 2 is 2.06 bits per heavy atom. The van der Waals surface area contributed by atoms with Crippen molar-refractivity contribution in [2.45, 2.75) is 65.0 Å². The van der Waals surface area contributed by atoms with Crippen LogP contribution in [0.5, 0.6) is 0 Å². The summed E-state index contributed by atoms with van der Waals surface area (Å²) in [5.74, 6) is 5.80. The van der Waals surface area contributed by atoms with Gasteiger partial charge in [-0.2, -0.15) is 11.8 Å². The fourth-order valence-electron chi connectivity index (χ4n) is 4.77. The molecule has 2 bridgehead atoms. The molecule has 1 heterocycles. The highest BCUT2D eigenvalue weighted by molar-refractivity contribution is 7.99. The minimum absolute atomic E-state index is 0.537. The molecule has 1 saturated heterocycles. The maximum atomic E-state index is 3.98. The Kier molecular flexibility index (Phi) is 3.70. The van der Waals surface area contributed by atoms with Crippen LogP contribution < -0.4 is 5.32 Å². The fraction of sp³-hybridized carbons (Fsp3) is 1.00. The van der Waals surface area contributed by atoms with Crippen LogP contribution in [0.4, 0.5) is 0 Å². The van der Waals surface area contributed by atoms with Crippen molar-refractivity contribution in [3.8, 4) is 0 Å². The molecule has 0 aromatic carbocycles. The summed E-state index contributed by atoms with van der Waals surface area (Å²) in [6.07, 6.45) is 7.47. The van der Waals surface area contributed by atoms with Crippen molar-refractivity contribution in [1.29, 1.82) is 0 Å². The monoisotopic (exact) mass is 267 g/mol. The Bertz CT molecular complexity index is 301. The summed E-state index contributed by atoms with van der Waals surface area (Å²) in [4.78, 5) is 0. The number of nitrogens with one attached hydrogen (secondary N) is 1. The van der Waals surface area contributed by atoms with Gasteiger partial charge in [-0.25, -0.2) is 0 Å². The zero-order chi connectivity index (χ0) is 12.8. The molecule has 0 aromatic rings. The first kappa shape index (κ1) is 13.3. The molecule has 5 atom stereocenters. The van der Waals surface area contributed by atoms with Gasteiger partial charge in [0.2, 0.25) is 0 Å². The smallest absolute Gasteiger partial charge is 0.0166 e. The number of rotatable bonds is 3. The molecule has 1 N–H and O–H groups in total. The van der Waals surface area contributed by atoms with E-state index < -0.39 is 0 Å². The van der Waals surface area contributed by atoms with Crippen molar-refractivity contribution in [2.75, 3.05) is 11.5 Å². The van der Waals surface area contributed by atoms with Crippen LogP contribution in [0.15, 0.2) is 0 Å². The second-order valence-electron chi connectivity index (χ2n) is 7.87. The Balaban J connectivity index is 1.53. The van der Waals surface area contributed by atoms with Gasteiger partial charge in [-0.15, -0.1) is 0 Å². The van der Waals surface area contributed by atoms with Gasteiger partial charge in [0, 0.05) is 17.8 Å². The average Bonchev–Trinajstić information content (AvgIpc) is 2.89. The third-order valence-corrected chi connectivity index (χ3v) is 7.17. The molecule has 1 nitrogen and oxygen atoms in total. The van der Waals surface area contributed by atoms with Crippen molar-refractivity contribution in [3.05, 3.63) is 0 Å². The van der Waals surface area contributed by atoms with E-state index in [9.17, 15) is 0 Å². The first-order chi connectivity index (χ1) is 8.53. The normalized spacial score (nSPS) is 44.2. The molecule has 3 aliphatic rings. The summed E-state index contributed by atoms with van der Waals surface area (Å²) in [6, 6.07) is 1.51. The first-order valence-electron chi connectivity index (χ1n) is 7.87. The average molecular weight is 267 g/mol. The highest BCUT2D eigenvalue weighted by atomic mass is 32.2. The van der Waals surface area contributed by atoms with Crippen LogP contribution >= 0.6 is 11.8 Å². The molecule has 5 unspecified atom stereocenters. The van der Waals surface area contributed by atoms with Crippen molar-refractivity contribution < 1.29 is 0 Å². The lowest BCUT2D eigenvalue weighted by molar-refractivity contribution is 0.225. The second kappa shape index (κ2) is 5.01. The largest absolute Gasteiger partial charge is 0.310 e. The van der Waals surface area contributed by atoms with Gasteiger partial charge in [0.25, 0.3) is 0 Å². The quantitative estimate of drug-likeness (QED) is 0.831. The molecule has 0 radical (unpaired) electrons. The molecule has 3 fully saturated rings. The summed E-state index contributed by atoms with van der Waals surface area (Å²) < 4.78 is 0. The molecule has 3 rings (SSSR count). The summed E-state index contributed by atoms with van der Waals surface area (Å²) in [7, 11) is 0. The second-order valence-corrected chi connectivity index (χ2v) is 8.90. The predicted molar refractivity (Wildman–Crippen MR) is 81.0 cm³/mol. The van der Waals surface area contributed by atoms with Crippen molar-refractivity contribution in [1.82, 2.24) is 5.32 Å². The van der Waals surface area contributed by atoms with Crippen molar-refractivity contribution in [2.24, 2.45) is 23.2 Å². The van der Waals surface area contributed by atoms with E-state index in [2.05, 4.69) is 37.8 Å². The maximum Gasteiger partial charge on any atom is 0.0166 e. The highest BCUT2D eigenvalue weighted by Gasteiger charge is 2.42. The van der Waals surface area contributed by atoms with Crippen LogP contribution in [0, 0.1) is 23.2 Å². The van der Waals surface area contributed by atoms with Gasteiger partial charge in [0.05, 0.1) is 0 Å². The summed E-state index contributed by atoms with van der Waals surface area (Å²) in [5, 5.41) is 3.98. The van der Waals surface area contributed by atoms with Crippen LogP contribution in [0.1, 0.15) is 52.9 Å². The minimum atomic E-state index is 0.537. The number of hydrogen-bond donors (Lipinski definition) is 1. The summed E-state index contributed by atoms with van der Waals surface area (Å²) in [5.41, 5.74) is 0.537. The number of thioether (sulfide) groups is 1. The van der Waals surface area contributed by atoms with E-state index in [1.54, 1.807) is 6.42 Å². The van der Waals surface area contributed by atoms with E-state index >= 15 is 0 Å². The van der Waals surface area contributed by atoms with E-state index in [0.717, 1.165) is 29.8 Å². The molecule has 0 amide bonds. The van der Waals surface area contributed by atoms with E-state index in [-0.39, 0.29) is 0 Å². The lowest BCUT2D eigenvalue weighted by Crippen LogP contribution is -2.47. The fourth-order valence-corrected chi connectivity index (χ4v) is 6.06. The number of hydrogen-bond acceptors (Lipinski definition) is 2. The molecular weight excluding hydrogens is 238 g/mol. The molecule has 18 heavy (non-hydrogen) atoms. The van der Waals surface area contributed by atoms with Crippen molar-refractivity contribution in [3.63, 3.8) is 0 Å². The van der Waals surface area contributed by atoms with Crippen LogP contribution in [0.2, 0.25) is 0 Å². The molecule has 0 spiro atoms. The van der Waals surface area contributed by atoms with Crippen LogP contribution in [0.25, 0.3) is 0 Å². The Hall–Kier alpha value is 0.310. The first-order valence-corrected chi connectivity index (χ1v) is 9.03. The van der Waals surface area contributed by atoms with E-state index in [1.807, 2.05) is 0 Å². The standard InChI is InChI=1S/C16H29NS/c1-11(15-7-12-4-5-13(15)6-12)17-14-8-16(2,3)10-18-9-14/h11-15,17H,4-10H2,1-3H3. The highest BCUT2D eigenvalue weighted by Crippen LogP contribution is 2.49. The van der Waals surface area contributed by atoms with Crippen LogP contribution in [-0.2, 0) is 0 Å². The van der Waals surface area contributed by atoms with Gasteiger partial charge >= 0.3 is 0 Å². The third kappa shape index (κ3) is 2.75. The molecule has 0 aromatic heterocycles. The Labute approximate surface area is 117 Å². The molecule has 2 heteroatoms. The zero-order valence-corrected chi connectivity index (χ0v) is 13.1. The Morgan fingerprint density at radius 1 is 1.22 bits per heavy atom. The predicted octanol–water partition coefficient (Wildman–Crippen LogP) is 3.93. The number of fused-ring (bicyclic) bond motifs is 2. The van der Waals surface area contributed by atoms with Gasteiger partial charge < -0.3 is 5.32 Å². The van der Waals surface area contributed by atoms with Crippen molar-refractivity contribution >= 4 is 11.8 Å². The van der Waals surface area contributed by atoms with Crippen LogP contribution in [0.3, 0.4) is 0 Å². The van der Waals surface area contributed by atoms with Gasteiger partial charge in [-0.1, -0.05) is 20.3 Å². The van der Waals surface area contributed by atoms with Gasteiger partial charge in [-0.05, 0) is 61.5 Å². The lowest BCUT2D eigenvalue weighted by atomic mass is 9.82. The minimum Gasteiger partial charge on any atom is -0.310 e. The van der Waals surface area contributed by atoms with Gasteiger partial charge in [0.15, 0.2) is 0 Å². The molecule has 2 saturated carbocycles. The Morgan fingerprint density at radius 3 is 2.67 bits per heavy atom. The molecular formula is C16H29NS. The molecule has 1 aliphatic heterocycles. The SMILES string of the molecule is CC(NC1CSCC(C)(C)C1)C1CC2CCC1C2. The topological polar surface area (TPSA) is 12.0 Å². The van der Waals surface area contributed by atoms with Gasteiger partial charge in [0.1, 0.15) is 0 Å². The molecule has 104 valence electrons. The van der Waals surface area contributed by atoms with E-state index in [4.69, 9.17) is 0 Å². The third-order valence-electron chi connectivity index (χ3n) is 5.54. The zero-order valence-electron chi connectivity index (χ0n) is 12.2. The lowest BCUT2D eigenvalue weighted by Gasteiger charge is -2.38. The van der Waals surface area contributed by atoms with E-state index in [1.165, 1.54) is 37.2 Å². The summed E-state index contributed by atoms with van der Waals surface area (Å²) >= 11 is 2.15. The van der Waals surface area contributed by atoms with Crippen LogP contribution in [-0.4, -0.2) is 23.6 Å². The van der Waals surface area contributed by atoms with E-state index in [0.29, 0.717) is 5.41 Å². The van der Waals surface area contributed by atoms with Gasteiger partial charge in [-0.3, -0.25) is 0 Å². The summed E-state index contributed by atoms with van der Waals surface area (Å²) in [6.45, 7) is 7.31.